The lowest BCUT2D eigenvalue weighted by atomic mass is 10.3. The van der Waals surface area contributed by atoms with E-state index >= 15 is 0 Å². The number of rotatable bonds is 6. The summed E-state index contributed by atoms with van der Waals surface area (Å²) in [4.78, 5) is 22.3. The average molecular weight is 392 g/mol. The minimum absolute atomic E-state index is 0.111. The van der Waals surface area contributed by atoms with Crippen LogP contribution in [0.1, 0.15) is 24.6 Å². The molecule has 3 heterocycles. The van der Waals surface area contributed by atoms with Crippen molar-refractivity contribution in [2.24, 2.45) is 0 Å². The molecule has 10 nitrogen and oxygen atoms in total. The normalized spacial score (nSPS) is 19.1. The van der Waals surface area contributed by atoms with E-state index in [-0.39, 0.29) is 23.4 Å². The van der Waals surface area contributed by atoms with E-state index in [0.717, 1.165) is 12.8 Å². The van der Waals surface area contributed by atoms with Gasteiger partial charge in [-0.1, -0.05) is 5.16 Å². The van der Waals surface area contributed by atoms with Crippen LogP contribution in [0.4, 0.5) is 6.01 Å². The van der Waals surface area contributed by atoms with Crippen LogP contribution in [0.5, 0.6) is 0 Å². The molecule has 0 atom stereocenters. The molecule has 1 N–H and O–H groups in total. The fourth-order valence-electron chi connectivity index (χ4n) is 2.93. The number of aromatic nitrogens is 3. The van der Waals surface area contributed by atoms with Crippen LogP contribution in [-0.4, -0.2) is 71.4 Å². The van der Waals surface area contributed by atoms with Crippen molar-refractivity contribution >= 4 is 21.9 Å². The molecule has 4 rings (SSSR count). The number of anilines is 1. The van der Waals surface area contributed by atoms with Crippen molar-refractivity contribution in [3.05, 3.63) is 30.4 Å². The van der Waals surface area contributed by atoms with Gasteiger partial charge in [0.15, 0.2) is 5.82 Å². The molecule has 2 aromatic heterocycles. The first-order valence-electron chi connectivity index (χ1n) is 8.78. The summed E-state index contributed by atoms with van der Waals surface area (Å²) >= 11 is 0. The summed E-state index contributed by atoms with van der Waals surface area (Å²) in [7, 11) is -3.55. The molecule has 2 aromatic rings. The highest BCUT2D eigenvalue weighted by Gasteiger charge is 2.30. The molecule has 0 spiro atoms. The highest BCUT2D eigenvalue weighted by molar-refractivity contribution is 7.89. The quantitative estimate of drug-likeness (QED) is 0.744. The first-order chi connectivity index (χ1) is 13.0. The molecule has 0 unspecified atom stereocenters. The van der Waals surface area contributed by atoms with Gasteiger partial charge in [0.25, 0.3) is 0 Å². The van der Waals surface area contributed by atoms with Gasteiger partial charge in [0, 0.05) is 44.5 Å². The van der Waals surface area contributed by atoms with Crippen LogP contribution in [0.2, 0.25) is 0 Å². The summed E-state index contributed by atoms with van der Waals surface area (Å²) in [5.74, 6) is 0.735. The molecule has 1 aliphatic heterocycles. The number of sulfonamides is 1. The van der Waals surface area contributed by atoms with E-state index in [1.807, 2.05) is 4.90 Å². The van der Waals surface area contributed by atoms with Gasteiger partial charge in [-0.05, 0) is 25.0 Å². The molecule has 1 amide bonds. The van der Waals surface area contributed by atoms with Crippen molar-refractivity contribution in [3.8, 4) is 0 Å². The maximum Gasteiger partial charge on any atom is 0.328 e. The molecule has 27 heavy (non-hydrogen) atoms. The number of piperazine rings is 1. The molecule has 11 heteroatoms. The Morgan fingerprint density at radius 2 is 2.04 bits per heavy atom. The van der Waals surface area contributed by atoms with Gasteiger partial charge in [-0.2, -0.15) is 9.29 Å². The molecule has 144 valence electrons. The first kappa shape index (κ1) is 18.0. The number of nitrogens with one attached hydrogen (secondary N) is 1. The third-order valence-electron chi connectivity index (χ3n) is 4.60. The molecule has 0 bridgehead atoms. The zero-order valence-electron chi connectivity index (χ0n) is 14.6. The molecule has 2 aliphatic rings. The van der Waals surface area contributed by atoms with E-state index < -0.39 is 10.0 Å². The van der Waals surface area contributed by atoms with Gasteiger partial charge in [0.2, 0.25) is 15.9 Å². The van der Waals surface area contributed by atoms with Gasteiger partial charge >= 0.3 is 6.01 Å². The molecule has 0 aromatic carbocycles. The average Bonchev–Trinajstić information content (AvgIpc) is 3.42. The van der Waals surface area contributed by atoms with Gasteiger partial charge in [0.05, 0.1) is 6.54 Å². The van der Waals surface area contributed by atoms with E-state index in [9.17, 15) is 13.2 Å². The summed E-state index contributed by atoms with van der Waals surface area (Å²) in [6.07, 6.45) is 4.99. The van der Waals surface area contributed by atoms with E-state index in [4.69, 9.17) is 4.52 Å². The van der Waals surface area contributed by atoms with Crippen LogP contribution < -0.4 is 5.32 Å². The molecule has 2 fully saturated rings. The summed E-state index contributed by atoms with van der Waals surface area (Å²) < 4.78 is 31.6. The summed E-state index contributed by atoms with van der Waals surface area (Å²) in [5.41, 5.74) is 0. The third-order valence-corrected chi connectivity index (χ3v) is 6.48. The number of carbonyl (C=O) groups excluding carboxylic acids is 1. The number of hydrogen-bond donors (Lipinski definition) is 1. The highest BCUT2D eigenvalue weighted by Crippen LogP contribution is 2.38. The Morgan fingerprint density at radius 3 is 2.70 bits per heavy atom. The zero-order valence-corrected chi connectivity index (χ0v) is 15.4. The Kier molecular flexibility index (Phi) is 4.89. The second-order valence-corrected chi connectivity index (χ2v) is 8.59. The Morgan fingerprint density at radius 1 is 1.26 bits per heavy atom. The second kappa shape index (κ2) is 7.33. The van der Waals surface area contributed by atoms with Gasteiger partial charge < -0.3 is 4.52 Å². The Labute approximate surface area is 156 Å². The molecule has 1 aliphatic carbocycles. The Hall–Kier alpha value is -2.37. The van der Waals surface area contributed by atoms with Gasteiger partial charge in [-0.15, -0.1) is 0 Å². The Balaban J connectivity index is 1.28. The minimum atomic E-state index is -3.55. The predicted molar refractivity (Wildman–Crippen MR) is 94.3 cm³/mol. The molecule has 0 radical (unpaired) electrons. The molecular weight excluding hydrogens is 372 g/mol. The van der Waals surface area contributed by atoms with Crippen molar-refractivity contribution < 1.29 is 17.7 Å². The van der Waals surface area contributed by atoms with Gasteiger partial charge in [0.1, 0.15) is 4.90 Å². The lowest BCUT2D eigenvalue weighted by Gasteiger charge is -2.33. The first-order valence-corrected chi connectivity index (χ1v) is 10.2. The highest BCUT2D eigenvalue weighted by atomic mass is 32.2. The lowest BCUT2D eigenvalue weighted by Crippen LogP contribution is -2.50. The van der Waals surface area contributed by atoms with Crippen molar-refractivity contribution in [2.75, 3.05) is 38.0 Å². The number of nitrogens with zero attached hydrogens (tertiary/aromatic N) is 5. The number of hydrogen-bond acceptors (Lipinski definition) is 8. The number of pyridine rings is 1. The zero-order chi connectivity index (χ0) is 18.9. The Bertz CT molecular complexity index is 904. The topological polar surface area (TPSA) is 122 Å². The molecule has 1 saturated carbocycles. The summed E-state index contributed by atoms with van der Waals surface area (Å²) in [6.45, 7) is 1.70. The largest absolute Gasteiger partial charge is 0.328 e. The second-order valence-electron chi connectivity index (χ2n) is 6.65. The van der Waals surface area contributed by atoms with Crippen LogP contribution in [-0.2, 0) is 14.8 Å². The van der Waals surface area contributed by atoms with Crippen LogP contribution in [0.3, 0.4) is 0 Å². The maximum absolute atomic E-state index is 12.6. The predicted octanol–water partition coefficient (Wildman–Crippen LogP) is 0.287. The SMILES string of the molecule is O=C(CN1CCN(S(=O)(=O)c2cccnc2)CC1)Nc1nc(C2CC2)no1. The summed E-state index contributed by atoms with van der Waals surface area (Å²) in [5, 5.41) is 6.45. The molecule has 1 saturated heterocycles. The van der Waals surface area contributed by atoms with Crippen LogP contribution >= 0.6 is 0 Å². The van der Waals surface area contributed by atoms with E-state index in [1.165, 1.54) is 22.8 Å². The van der Waals surface area contributed by atoms with Gasteiger partial charge in [-0.3, -0.25) is 20.0 Å². The van der Waals surface area contributed by atoms with Crippen molar-refractivity contribution in [3.63, 3.8) is 0 Å². The summed E-state index contributed by atoms with van der Waals surface area (Å²) in [6, 6.07) is 3.24. The van der Waals surface area contributed by atoms with E-state index in [0.29, 0.717) is 37.9 Å². The van der Waals surface area contributed by atoms with Crippen LogP contribution in [0.15, 0.2) is 33.9 Å². The minimum Gasteiger partial charge on any atom is -0.315 e. The lowest BCUT2D eigenvalue weighted by molar-refractivity contribution is -0.117. The monoisotopic (exact) mass is 392 g/mol. The fraction of sp³-hybridized carbons (Fsp3) is 0.500. The van der Waals surface area contributed by atoms with Crippen LogP contribution in [0, 0.1) is 0 Å². The smallest absolute Gasteiger partial charge is 0.315 e. The van der Waals surface area contributed by atoms with Gasteiger partial charge in [-0.25, -0.2) is 8.42 Å². The number of amides is 1. The number of carbonyl (C=O) groups is 1. The van der Waals surface area contributed by atoms with E-state index in [2.05, 4.69) is 20.4 Å². The fourth-order valence-corrected chi connectivity index (χ4v) is 4.32. The standard InChI is InChI=1S/C16H20N6O4S/c23-14(18-16-19-15(20-26-16)12-3-4-12)11-21-6-8-22(9-7-21)27(24,25)13-2-1-5-17-10-13/h1-2,5,10,12H,3-4,6-9,11H2,(H,18,19,20,23). The van der Waals surface area contributed by atoms with E-state index in [1.54, 1.807) is 6.07 Å². The van der Waals surface area contributed by atoms with Crippen molar-refractivity contribution in [1.82, 2.24) is 24.3 Å². The molecular formula is C16H20N6O4S. The van der Waals surface area contributed by atoms with Crippen molar-refractivity contribution in [2.45, 2.75) is 23.7 Å². The maximum atomic E-state index is 12.6. The van der Waals surface area contributed by atoms with Crippen LogP contribution in [0.25, 0.3) is 0 Å². The third kappa shape index (κ3) is 4.15. The van der Waals surface area contributed by atoms with Crippen molar-refractivity contribution in [1.29, 1.82) is 0 Å².